The second-order valence-corrected chi connectivity index (χ2v) is 5.44. The predicted octanol–water partition coefficient (Wildman–Crippen LogP) is 0.275. The molecule has 2 heterocycles. The van der Waals surface area contributed by atoms with E-state index in [9.17, 15) is 4.79 Å². The van der Waals surface area contributed by atoms with Crippen LogP contribution in [0.5, 0.6) is 0 Å². The number of carbonyl (C=O) groups excluding carboxylic acids is 1. The number of hydrazine groups is 1. The lowest BCUT2D eigenvalue weighted by atomic mass is 10.4. The zero-order chi connectivity index (χ0) is 15.1. The Kier molecular flexibility index (Phi) is 5.90. The molecule has 0 spiro atoms. The molecule has 0 saturated carbocycles. The Labute approximate surface area is 132 Å². The van der Waals surface area contributed by atoms with Crippen LogP contribution in [0.4, 0.5) is 5.13 Å². The molecule has 1 aromatic rings. The summed E-state index contributed by atoms with van der Waals surface area (Å²) in [6, 6.07) is 0. The number of thiazole rings is 1. The van der Waals surface area contributed by atoms with Crippen LogP contribution in [0.2, 0.25) is 0 Å². The first kappa shape index (κ1) is 15.7. The fourth-order valence-electron chi connectivity index (χ4n) is 1.66. The number of carbonyl (C=O) groups is 1. The van der Waals surface area contributed by atoms with Crippen LogP contribution in [0.1, 0.15) is 10.5 Å². The summed E-state index contributed by atoms with van der Waals surface area (Å²) in [6.07, 6.45) is 1.67. The van der Waals surface area contributed by atoms with E-state index in [0.29, 0.717) is 30.6 Å². The zero-order valence-electron chi connectivity index (χ0n) is 11.4. The number of ether oxygens (including phenoxy) is 1. The lowest BCUT2D eigenvalue weighted by Crippen LogP contribution is -2.46. The van der Waals surface area contributed by atoms with Crippen LogP contribution in [0, 0.1) is 0 Å². The van der Waals surface area contributed by atoms with Gasteiger partial charge in [-0.1, -0.05) is 6.08 Å². The fraction of sp³-hybridized carbons (Fsp3) is 0.417. The number of nitrogens with one attached hydrogen (secondary N) is 3. The normalized spacial score (nSPS) is 14.4. The van der Waals surface area contributed by atoms with Gasteiger partial charge >= 0.3 is 0 Å². The van der Waals surface area contributed by atoms with Crippen molar-refractivity contribution in [3.8, 4) is 0 Å². The Morgan fingerprint density at radius 3 is 3.00 bits per heavy atom. The molecule has 2 rings (SSSR count). The fourth-order valence-corrected chi connectivity index (χ4v) is 2.65. The molecule has 1 saturated heterocycles. The van der Waals surface area contributed by atoms with E-state index in [4.69, 9.17) is 17.0 Å². The number of morpholine rings is 1. The van der Waals surface area contributed by atoms with E-state index >= 15 is 0 Å². The lowest BCUT2D eigenvalue weighted by Gasteiger charge is -2.25. The van der Waals surface area contributed by atoms with Crippen LogP contribution >= 0.6 is 23.6 Å². The molecule has 3 N–H and O–H groups in total. The van der Waals surface area contributed by atoms with Crippen LogP contribution in [-0.2, 0) is 4.74 Å². The van der Waals surface area contributed by atoms with Crippen LogP contribution in [0.15, 0.2) is 18.0 Å². The maximum atomic E-state index is 11.9. The van der Waals surface area contributed by atoms with Gasteiger partial charge < -0.3 is 15.0 Å². The minimum atomic E-state index is -0.325. The van der Waals surface area contributed by atoms with E-state index in [1.54, 1.807) is 11.5 Å². The van der Waals surface area contributed by atoms with Crippen LogP contribution in [-0.4, -0.2) is 48.9 Å². The molecule has 9 heteroatoms. The van der Waals surface area contributed by atoms with Crippen molar-refractivity contribution in [1.29, 1.82) is 0 Å². The van der Waals surface area contributed by atoms with Gasteiger partial charge in [0.05, 0.1) is 13.2 Å². The predicted molar refractivity (Wildman–Crippen MR) is 86.5 cm³/mol. The summed E-state index contributed by atoms with van der Waals surface area (Å²) in [7, 11) is 0. The Morgan fingerprint density at radius 1 is 1.52 bits per heavy atom. The first-order valence-electron chi connectivity index (χ1n) is 6.44. The SMILES string of the molecule is C=CCNC(=S)NNC(=O)c1csc(N2CCOCC2)n1. The molecule has 0 atom stereocenters. The maximum absolute atomic E-state index is 11.9. The highest BCUT2D eigenvalue weighted by Crippen LogP contribution is 2.21. The van der Waals surface area contributed by atoms with Gasteiger partial charge in [0.1, 0.15) is 5.69 Å². The standard InChI is InChI=1S/C12H17N5O2S2/c1-2-3-13-11(20)16-15-10(18)9-8-21-12(14-9)17-4-6-19-7-5-17/h2,8H,1,3-7H2,(H,15,18)(H2,13,16,20). The van der Waals surface area contributed by atoms with E-state index in [-0.39, 0.29) is 5.91 Å². The number of hydrogen-bond donors (Lipinski definition) is 3. The second-order valence-electron chi connectivity index (χ2n) is 4.19. The molecule has 7 nitrogen and oxygen atoms in total. The summed E-state index contributed by atoms with van der Waals surface area (Å²) in [4.78, 5) is 18.4. The highest BCUT2D eigenvalue weighted by molar-refractivity contribution is 7.80. The first-order valence-corrected chi connectivity index (χ1v) is 7.73. The van der Waals surface area contributed by atoms with Crippen molar-refractivity contribution in [2.75, 3.05) is 37.7 Å². The van der Waals surface area contributed by atoms with Crippen molar-refractivity contribution < 1.29 is 9.53 Å². The third-order valence-electron chi connectivity index (χ3n) is 2.70. The first-order chi connectivity index (χ1) is 10.2. The zero-order valence-corrected chi connectivity index (χ0v) is 13.1. The molecule has 1 aliphatic rings. The molecule has 1 aliphatic heterocycles. The third-order valence-corrected chi connectivity index (χ3v) is 3.85. The van der Waals surface area contributed by atoms with E-state index in [2.05, 4.69) is 32.6 Å². The molecule has 0 aliphatic carbocycles. The molecule has 0 radical (unpaired) electrons. The van der Waals surface area contributed by atoms with Gasteiger partial charge in [-0.2, -0.15) is 0 Å². The average Bonchev–Trinajstić information content (AvgIpc) is 3.01. The quantitative estimate of drug-likeness (QED) is 0.416. The number of hydrogen-bond acceptors (Lipinski definition) is 6. The summed E-state index contributed by atoms with van der Waals surface area (Å²) >= 11 is 6.41. The van der Waals surface area contributed by atoms with Gasteiger partial charge in [0, 0.05) is 25.0 Å². The molecule has 0 unspecified atom stereocenters. The van der Waals surface area contributed by atoms with Gasteiger partial charge in [-0.15, -0.1) is 17.9 Å². The molecule has 1 aromatic heterocycles. The lowest BCUT2D eigenvalue weighted by molar-refractivity contribution is 0.0939. The van der Waals surface area contributed by atoms with Gasteiger partial charge in [0.2, 0.25) is 0 Å². The summed E-state index contributed by atoms with van der Waals surface area (Å²) in [5, 5.41) is 5.72. The van der Waals surface area contributed by atoms with Crippen LogP contribution in [0.3, 0.4) is 0 Å². The molecule has 0 bridgehead atoms. The Bertz CT molecular complexity index is 514. The molecule has 1 amide bonds. The summed E-state index contributed by atoms with van der Waals surface area (Å²) in [5.74, 6) is -0.325. The van der Waals surface area contributed by atoms with Crippen molar-refractivity contribution in [1.82, 2.24) is 21.2 Å². The smallest absolute Gasteiger partial charge is 0.289 e. The van der Waals surface area contributed by atoms with Crippen LogP contribution in [0.25, 0.3) is 0 Å². The maximum Gasteiger partial charge on any atom is 0.289 e. The summed E-state index contributed by atoms with van der Waals surface area (Å²) in [5.41, 5.74) is 5.47. The highest BCUT2D eigenvalue weighted by Gasteiger charge is 2.17. The Morgan fingerprint density at radius 2 is 2.29 bits per heavy atom. The monoisotopic (exact) mass is 327 g/mol. The molecule has 114 valence electrons. The van der Waals surface area contributed by atoms with Gasteiger partial charge in [0.15, 0.2) is 10.2 Å². The summed E-state index contributed by atoms with van der Waals surface area (Å²) < 4.78 is 5.29. The number of rotatable bonds is 4. The van der Waals surface area contributed by atoms with E-state index < -0.39 is 0 Å². The Balaban J connectivity index is 1.84. The van der Waals surface area contributed by atoms with Crippen molar-refractivity contribution in [2.24, 2.45) is 0 Å². The van der Waals surface area contributed by atoms with Gasteiger partial charge in [-0.05, 0) is 12.2 Å². The summed E-state index contributed by atoms with van der Waals surface area (Å²) in [6.45, 7) is 7.05. The second kappa shape index (κ2) is 7.91. The number of anilines is 1. The third kappa shape index (κ3) is 4.66. The van der Waals surface area contributed by atoms with E-state index in [1.165, 1.54) is 11.3 Å². The van der Waals surface area contributed by atoms with Crippen molar-refractivity contribution >= 4 is 39.7 Å². The number of amides is 1. The van der Waals surface area contributed by atoms with Crippen molar-refractivity contribution in [2.45, 2.75) is 0 Å². The largest absolute Gasteiger partial charge is 0.378 e. The molecule has 0 aromatic carbocycles. The van der Waals surface area contributed by atoms with Gasteiger partial charge in [0.25, 0.3) is 5.91 Å². The van der Waals surface area contributed by atoms with Crippen molar-refractivity contribution in [3.63, 3.8) is 0 Å². The number of aromatic nitrogens is 1. The van der Waals surface area contributed by atoms with Gasteiger partial charge in [-0.25, -0.2) is 4.98 Å². The minimum absolute atomic E-state index is 0.325. The number of thiocarbonyl (C=S) groups is 1. The molecular formula is C12H17N5O2S2. The van der Waals surface area contributed by atoms with Crippen molar-refractivity contribution in [3.05, 3.63) is 23.7 Å². The molecular weight excluding hydrogens is 310 g/mol. The molecule has 1 fully saturated rings. The Hall–Kier alpha value is -1.71. The molecule has 21 heavy (non-hydrogen) atoms. The van der Waals surface area contributed by atoms with Gasteiger partial charge in [-0.3, -0.25) is 15.6 Å². The van der Waals surface area contributed by atoms with Crippen LogP contribution < -0.4 is 21.1 Å². The average molecular weight is 327 g/mol. The highest BCUT2D eigenvalue weighted by atomic mass is 32.1. The van der Waals surface area contributed by atoms with E-state index in [0.717, 1.165) is 18.2 Å². The topological polar surface area (TPSA) is 78.5 Å². The number of nitrogens with zero attached hydrogens (tertiary/aromatic N) is 2. The minimum Gasteiger partial charge on any atom is -0.378 e. The van der Waals surface area contributed by atoms with E-state index in [1.807, 2.05) is 0 Å².